The molecule has 2 aromatic carbocycles. The second kappa shape index (κ2) is 8.10. The van der Waals surface area contributed by atoms with E-state index in [0.29, 0.717) is 17.7 Å². The summed E-state index contributed by atoms with van der Waals surface area (Å²) in [6.45, 7) is 4.49. The smallest absolute Gasteiger partial charge is 0.251 e. The number of amides is 2. The summed E-state index contributed by atoms with van der Waals surface area (Å²) in [5, 5.41) is 7.33. The molecular weight excluding hydrogens is 383 g/mol. The van der Waals surface area contributed by atoms with Crippen LogP contribution < -0.4 is 10.2 Å². The third-order valence-corrected chi connectivity index (χ3v) is 5.43. The predicted octanol–water partition coefficient (Wildman–Crippen LogP) is 3.94. The molecule has 4 rings (SSSR count). The van der Waals surface area contributed by atoms with E-state index in [1.165, 1.54) is 12.1 Å². The van der Waals surface area contributed by atoms with Gasteiger partial charge in [-0.3, -0.25) is 9.59 Å². The number of aromatic nitrogens is 2. The van der Waals surface area contributed by atoms with Crippen LogP contribution in [0.15, 0.2) is 54.7 Å². The third kappa shape index (κ3) is 3.83. The molecule has 1 N–H and O–H groups in total. The quantitative estimate of drug-likeness (QED) is 0.698. The molecule has 1 aliphatic rings. The maximum absolute atomic E-state index is 13.5. The Balaban J connectivity index is 1.47. The Morgan fingerprint density at radius 2 is 1.93 bits per heavy atom. The van der Waals surface area contributed by atoms with E-state index in [4.69, 9.17) is 0 Å². The molecule has 0 spiro atoms. The van der Waals surface area contributed by atoms with E-state index in [-0.39, 0.29) is 23.7 Å². The second-order valence-electron chi connectivity index (χ2n) is 7.47. The third-order valence-electron chi connectivity index (χ3n) is 5.43. The first-order valence-electron chi connectivity index (χ1n) is 9.96. The van der Waals surface area contributed by atoms with Crippen LogP contribution in [-0.2, 0) is 4.79 Å². The van der Waals surface area contributed by atoms with Gasteiger partial charge in [-0.25, -0.2) is 9.07 Å². The molecule has 0 bridgehead atoms. The Labute approximate surface area is 174 Å². The molecule has 0 radical (unpaired) electrons. The molecule has 154 valence electrons. The number of nitrogens with one attached hydrogen (secondary N) is 1. The van der Waals surface area contributed by atoms with Gasteiger partial charge in [0.05, 0.1) is 17.9 Å². The summed E-state index contributed by atoms with van der Waals surface area (Å²) in [7, 11) is 0. The molecule has 1 fully saturated rings. The SMILES string of the molecule is Cc1c([C@H](C)NC(=O)c2ccc(N3CCCC3=O)cc2)cnn1-c1cccc(F)c1. The molecule has 6 nitrogen and oxygen atoms in total. The van der Waals surface area contributed by atoms with E-state index in [2.05, 4.69) is 10.4 Å². The Morgan fingerprint density at radius 1 is 1.17 bits per heavy atom. The molecule has 0 saturated carbocycles. The number of rotatable bonds is 5. The molecule has 30 heavy (non-hydrogen) atoms. The number of hydrogen-bond acceptors (Lipinski definition) is 3. The van der Waals surface area contributed by atoms with Crippen LogP contribution in [0.3, 0.4) is 0 Å². The van der Waals surface area contributed by atoms with Crippen molar-refractivity contribution in [3.05, 3.63) is 77.4 Å². The van der Waals surface area contributed by atoms with Crippen molar-refractivity contribution in [1.82, 2.24) is 15.1 Å². The second-order valence-corrected chi connectivity index (χ2v) is 7.47. The van der Waals surface area contributed by atoms with Gasteiger partial charge < -0.3 is 10.2 Å². The highest BCUT2D eigenvalue weighted by atomic mass is 19.1. The molecule has 1 saturated heterocycles. The molecular formula is C23H23FN4O2. The molecule has 3 aromatic rings. The molecule has 7 heteroatoms. The van der Waals surface area contributed by atoms with E-state index in [0.717, 1.165) is 29.9 Å². The molecule has 1 atom stereocenters. The first-order chi connectivity index (χ1) is 14.4. The average Bonchev–Trinajstić information content (AvgIpc) is 3.33. The predicted molar refractivity (Wildman–Crippen MR) is 112 cm³/mol. The van der Waals surface area contributed by atoms with Crippen molar-refractivity contribution in [3.8, 4) is 5.69 Å². The topological polar surface area (TPSA) is 67.2 Å². The van der Waals surface area contributed by atoms with Crippen LogP contribution in [0.1, 0.15) is 47.4 Å². The van der Waals surface area contributed by atoms with Gasteiger partial charge in [0.15, 0.2) is 0 Å². The summed E-state index contributed by atoms with van der Waals surface area (Å²) in [6.07, 6.45) is 3.12. The zero-order valence-corrected chi connectivity index (χ0v) is 16.9. The lowest BCUT2D eigenvalue weighted by atomic mass is 10.1. The van der Waals surface area contributed by atoms with Gasteiger partial charge in [0.25, 0.3) is 5.91 Å². The van der Waals surface area contributed by atoms with Gasteiger partial charge in [-0.05, 0) is 62.7 Å². The Morgan fingerprint density at radius 3 is 2.60 bits per heavy atom. The van der Waals surface area contributed by atoms with Crippen molar-refractivity contribution in [2.24, 2.45) is 0 Å². The van der Waals surface area contributed by atoms with Crippen LogP contribution in [0, 0.1) is 12.7 Å². The number of carbonyl (C=O) groups is 2. The van der Waals surface area contributed by atoms with E-state index >= 15 is 0 Å². The minimum absolute atomic E-state index is 0.117. The summed E-state index contributed by atoms with van der Waals surface area (Å²) in [5.74, 6) is -0.421. The Hall–Kier alpha value is -3.48. The summed E-state index contributed by atoms with van der Waals surface area (Å²) < 4.78 is 15.2. The molecule has 1 aromatic heterocycles. The molecule has 0 unspecified atom stereocenters. The molecule has 2 amide bonds. The minimum atomic E-state index is -0.329. The maximum atomic E-state index is 13.5. The van der Waals surface area contributed by atoms with Gasteiger partial charge in [0.2, 0.25) is 5.91 Å². The molecule has 0 aliphatic carbocycles. The maximum Gasteiger partial charge on any atom is 0.251 e. The van der Waals surface area contributed by atoms with Crippen molar-refractivity contribution < 1.29 is 14.0 Å². The van der Waals surface area contributed by atoms with Crippen LogP contribution in [0.4, 0.5) is 10.1 Å². The summed E-state index contributed by atoms with van der Waals surface area (Å²) in [6, 6.07) is 13.0. The summed E-state index contributed by atoms with van der Waals surface area (Å²) in [5.41, 5.74) is 3.65. The highest BCUT2D eigenvalue weighted by Crippen LogP contribution is 2.23. The molecule has 1 aliphatic heterocycles. The van der Waals surface area contributed by atoms with Gasteiger partial charge in [-0.15, -0.1) is 0 Å². The van der Waals surface area contributed by atoms with Gasteiger partial charge in [-0.2, -0.15) is 5.10 Å². The Bertz CT molecular complexity index is 1090. The summed E-state index contributed by atoms with van der Waals surface area (Å²) >= 11 is 0. The van der Waals surface area contributed by atoms with Crippen molar-refractivity contribution in [2.75, 3.05) is 11.4 Å². The van der Waals surface area contributed by atoms with Crippen LogP contribution >= 0.6 is 0 Å². The largest absolute Gasteiger partial charge is 0.345 e. The minimum Gasteiger partial charge on any atom is -0.345 e. The van der Waals surface area contributed by atoms with Crippen molar-refractivity contribution in [3.63, 3.8) is 0 Å². The first kappa shape index (κ1) is 19.8. The normalized spacial score (nSPS) is 14.8. The highest BCUT2D eigenvalue weighted by molar-refractivity contribution is 5.97. The van der Waals surface area contributed by atoms with Gasteiger partial charge >= 0.3 is 0 Å². The zero-order valence-electron chi connectivity index (χ0n) is 16.9. The number of halogens is 1. The van der Waals surface area contributed by atoms with Crippen LogP contribution in [0.5, 0.6) is 0 Å². The lowest BCUT2D eigenvalue weighted by molar-refractivity contribution is -0.117. The first-order valence-corrected chi connectivity index (χ1v) is 9.96. The number of carbonyl (C=O) groups excluding carboxylic acids is 2. The van der Waals surface area contributed by atoms with E-state index in [9.17, 15) is 14.0 Å². The number of hydrogen-bond donors (Lipinski definition) is 1. The number of anilines is 1. The zero-order chi connectivity index (χ0) is 21.3. The number of nitrogens with zero attached hydrogens (tertiary/aromatic N) is 3. The van der Waals surface area contributed by atoms with Gasteiger partial charge in [-0.1, -0.05) is 6.07 Å². The fourth-order valence-electron chi connectivity index (χ4n) is 3.79. The van der Waals surface area contributed by atoms with Crippen LogP contribution in [0.25, 0.3) is 5.69 Å². The Kier molecular flexibility index (Phi) is 5.35. The average molecular weight is 406 g/mol. The van der Waals surface area contributed by atoms with Gasteiger partial charge in [0, 0.05) is 35.5 Å². The standard InChI is InChI=1S/C23H23FN4O2/c1-15(21-14-25-28(16(21)2)20-6-3-5-18(24)13-20)26-23(30)17-8-10-19(11-9-17)27-12-4-7-22(27)29/h3,5-6,8-11,13-15H,4,7,12H2,1-2H3,(H,26,30)/t15-/m0/s1. The number of benzene rings is 2. The monoisotopic (exact) mass is 406 g/mol. The van der Waals surface area contributed by atoms with Crippen molar-refractivity contribution in [2.45, 2.75) is 32.7 Å². The fourth-order valence-corrected chi connectivity index (χ4v) is 3.79. The van der Waals surface area contributed by atoms with E-state index < -0.39 is 0 Å². The van der Waals surface area contributed by atoms with E-state index in [1.807, 2.05) is 13.8 Å². The highest BCUT2D eigenvalue weighted by Gasteiger charge is 2.22. The van der Waals surface area contributed by atoms with Crippen LogP contribution in [-0.4, -0.2) is 28.1 Å². The lowest BCUT2D eigenvalue weighted by Gasteiger charge is -2.17. The fraction of sp³-hybridized carbons (Fsp3) is 0.261. The van der Waals surface area contributed by atoms with Gasteiger partial charge in [0.1, 0.15) is 5.82 Å². The molecule has 2 heterocycles. The van der Waals surface area contributed by atoms with E-state index in [1.54, 1.807) is 52.2 Å². The van der Waals surface area contributed by atoms with Crippen molar-refractivity contribution in [1.29, 1.82) is 0 Å². The summed E-state index contributed by atoms with van der Waals surface area (Å²) in [4.78, 5) is 26.3. The van der Waals surface area contributed by atoms with Crippen LogP contribution in [0.2, 0.25) is 0 Å². The van der Waals surface area contributed by atoms with Crippen molar-refractivity contribution >= 4 is 17.5 Å². The lowest BCUT2D eigenvalue weighted by Crippen LogP contribution is -2.27.